The highest BCUT2D eigenvalue weighted by Crippen LogP contribution is 2.31. The fourth-order valence-corrected chi connectivity index (χ4v) is 2.48. The van der Waals surface area contributed by atoms with Gasteiger partial charge in [0.15, 0.2) is 11.7 Å². The molecule has 1 aliphatic rings. The van der Waals surface area contributed by atoms with Crippen LogP contribution in [0.3, 0.4) is 0 Å². The number of hydrogen-bond donors (Lipinski definition) is 1. The molecular formula is C14H14BrFN2O. The van der Waals surface area contributed by atoms with Gasteiger partial charge < -0.3 is 9.73 Å². The molecule has 1 saturated carbocycles. The van der Waals surface area contributed by atoms with Gasteiger partial charge in [-0.2, -0.15) is 0 Å². The average molecular weight is 325 g/mol. The van der Waals surface area contributed by atoms with Crippen molar-refractivity contribution in [2.24, 2.45) is 0 Å². The van der Waals surface area contributed by atoms with E-state index < -0.39 is 0 Å². The Hall–Kier alpha value is -1.20. The van der Waals surface area contributed by atoms with E-state index in [9.17, 15) is 4.39 Å². The van der Waals surface area contributed by atoms with E-state index in [1.54, 1.807) is 18.3 Å². The first-order chi connectivity index (χ1) is 9.24. The predicted octanol–water partition coefficient (Wildman–Crippen LogP) is 3.54. The van der Waals surface area contributed by atoms with Crippen LogP contribution in [-0.2, 0) is 6.42 Å². The van der Waals surface area contributed by atoms with Crippen molar-refractivity contribution >= 4 is 15.9 Å². The van der Waals surface area contributed by atoms with E-state index in [4.69, 9.17) is 4.42 Å². The van der Waals surface area contributed by atoms with Crippen molar-refractivity contribution in [3.05, 3.63) is 40.6 Å². The number of hydrogen-bond acceptors (Lipinski definition) is 3. The van der Waals surface area contributed by atoms with Gasteiger partial charge in [-0.05, 0) is 40.9 Å². The topological polar surface area (TPSA) is 38.1 Å². The molecule has 3 rings (SSSR count). The highest BCUT2D eigenvalue weighted by atomic mass is 79.9. The summed E-state index contributed by atoms with van der Waals surface area (Å²) in [5.74, 6) is 0.790. The Bertz CT molecular complexity index is 560. The first kappa shape index (κ1) is 12.8. The van der Waals surface area contributed by atoms with Crippen molar-refractivity contribution in [2.75, 3.05) is 6.54 Å². The molecule has 1 aliphatic carbocycles. The van der Waals surface area contributed by atoms with E-state index in [2.05, 4.69) is 26.2 Å². The van der Waals surface area contributed by atoms with Crippen LogP contribution in [0.1, 0.15) is 18.7 Å². The zero-order valence-corrected chi connectivity index (χ0v) is 11.9. The molecular weight excluding hydrogens is 311 g/mol. The summed E-state index contributed by atoms with van der Waals surface area (Å²) in [6, 6.07) is 5.53. The molecule has 1 N–H and O–H groups in total. The summed E-state index contributed by atoms with van der Waals surface area (Å²) in [6.45, 7) is 0.850. The Morgan fingerprint density at radius 1 is 1.42 bits per heavy atom. The molecule has 3 nitrogen and oxygen atoms in total. The van der Waals surface area contributed by atoms with Crippen LogP contribution in [-0.4, -0.2) is 17.6 Å². The standard InChI is InChI=1S/C14H14BrFN2O/c15-10-2-1-3-11(16)14(10)12-8-18-13(19-12)6-7-17-9-4-5-9/h1-3,8-9,17H,4-7H2. The van der Waals surface area contributed by atoms with Crippen molar-refractivity contribution in [3.63, 3.8) is 0 Å². The molecule has 0 unspecified atom stereocenters. The summed E-state index contributed by atoms with van der Waals surface area (Å²) >= 11 is 3.33. The molecule has 0 spiro atoms. The van der Waals surface area contributed by atoms with Crippen LogP contribution < -0.4 is 5.32 Å². The van der Waals surface area contributed by atoms with Crippen molar-refractivity contribution in [1.82, 2.24) is 10.3 Å². The summed E-state index contributed by atoms with van der Waals surface area (Å²) in [5, 5.41) is 3.39. The molecule has 5 heteroatoms. The van der Waals surface area contributed by atoms with E-state index in [0.29, 0.717) is 27.7 Å². The zero-order valence-electron chi connectivity index (χ0n) is 10.3. The highest BCUT2D eigenvalue weighted by molar-refractivity contribution is 9.10. The summed E-state index contributed by atoms with van der Waals surface area (Å²) in [4.78, 5) is 4.20. The number of aromatic nitrogens is 1. The third-order valence-electron chi connectivity index (χ3n) is 3.11. The lowest BCUT2D eigenvalue weighted by atomic mass is 10.2. The van der Waals surface area contributed by atoms with Crippen LogP contribution in [0.5, 0.6) is 0 Å². The summed E-state index contributed by atoms with van der Waals surface area (Å²) < 4.78 is 20.1. The second-order valence-corrected chi connectivity index (χ2v) is 5.55. The molecule has 1 fully saturated rings. The average Bonchev–Trinajstić information content (AvgIpc) is 3.08. The number of nitrogens with zero attached hydrogens (tertiary/aromatic N) is 1. The Kier molecular flexibility index (Phi) is 3.66. The van der Waals surface area contributed by atoms with Crippen molar-refractivity contribution < 1.29 is 8.81 Å². The maximum atomic E-state index is 13.8. The second-order valence-electron chi connectivity index (χ2n) is 4.69. The molecule has 100 valence electrons. The SMILES string of the molecule is Fc1cccc(Br)c1-c1cnc(CCNC2CC2)o1. The quantitative estimate of drug-likeness (QED) is 0.914. The molecule has 0 aliphatic heterocycles. The van der Waals surface area contributed by atoms with E-state index in [1.807, 2.05) is 0 Å². The Labute approximate surface area is 119 Å². The van der Waals surface area contributed by atoms with Crippen molar-refractivity contribution in [3.8, 4) is 11.3 Å². The number of oxazole rings is 1. The lowest BCUT2D eigenvalue weighted by Crippen LogP contribution is -2.19. The molecule has 19 heavy (non-hydrogen) atoms. The Balaban J connectivity index is 1.72. The van der Waals surface area contributed by atoms with Gasteiger partial charge >= 0.3 is 0 Å². The molecule has 0 amide bonds. The molecule has 0 atom stereocenters. The minimum atomic E-state index is -0.312. The minimum absolute atomic E-state index is 0.312. The first-order valence-corrected chi connectivity index (χ1v) is 7.16. The van der Waals surface area contributed by atoms with Crippen molar-refractivity contribution in [2.45, 2.75) is 25.3 Å². The van der Waals surface area contributed by atoms with Gasteiger partial charge in [-0.25, -0.2) is 9.37 Å². The highest BCUT2D eigenvalue weighted by Gasteiger charge is 2.20. The van der Waals surface area contributed by atoms with Gasteiger partial charge in [-0.1, -0.05) is 6.07 Å². The molecule has 2 aromatic rings. The third kappa shape index (κ3) is 3.04. The number of benzene rings is 1. The molecule has 1 aromatic heterocycles. The summed E-state index contributed by atoms with van der Waals surface area (Å²) in [7, 11) is 0. The van der Waals surface area contributed by atoms with Gasteiger partial charge in [-0.3, -0.25) is 0 Å². The van der Waals surface area contributed by atoms with Crippen LogP contribution in [0, 0.1) is 5.82 Å². The van der Waals surface area contributed by atoms with Gasteiger partial charge in [-0.15, -0.1) is 0 Å². The van der Waals surface area contributed by atoms with Crippen LogP contribution in [0.2, 0.25) is 0 Å². The smallest absolute Gasteiger partial charge is 0.196 e. The monoisotopic (exact) mass is 324 g/mol. The molecule has 0 radical (unpaired) electrons. The maximum absolute atomic E-state index is 13.8. The fourth-order valence-electron chi connectivity index (χ4n) is 1.95. The Morgan fingerprint density at radius 3 is 3.00 bits per heavy atom. The number of rotatable bonds is 5. The molecule has 1 heterocycles. The van der Waals surface area contributed by atoms with E-state index in [1.165, 1.54) is 18.9 Å². The lowest BCUT2D eigenvalue weighted by Gasteiger charge is -2.02. The van der Waals surface area contributed by atoms with Gasteiger partial charge in [0.2, 0.25) is 0 Å². The third-order valence-corrected chi connectivity index (χ3v) is 3.77. The molecule has 1 aromatic carbocycles. The van der Waals surface area contributed by atoms with E-state index in [0.717, 1.165) is 13.0 Å². The largest absolute Gasteiger partial charge is 0.441 e. The summed E-state index contributed by atoms with van der Waals surface area (Å²) in [5.41, 5.74) is 0.427. The second kappa shape index (κ2) is 5.43. The first-order valence-electron chi connectivity index (χ1n) is 6.36. The minimum Gasteiger partial charge on any atom is -0.441 e. The predicted molar refractivity (Wildman–Crippen MR) is 74.3 cm³/mol. The maximum Gasteiger partial charge on any atom is 0.196 e. The van der Waals surface area contributed by atoms with Crippen molar-refractivity contribution in [1.29, 1.82) is 0 Å². The Morgan fingerprint density at radius 2 is 2.26 bits per heavy atom. The van der Waals surface area contributed by atoms with Gasteiger partial charge in [0.1, 0.15) is 5.82 Å². The van der Waals surface area contributed by atoms with E-state index in [-0.39, 0.29) is 5.82 Å². The van der Waals surface area contributed by atoms with Crippen LogP contribution in [0.15, 0.2) is 33.3 Å². The molecule has 0 saturated heterocycles. The zero-order chi connectivity index (χ0) is 13.2. The lowest BCUT2D eigenvalue weighted by molar-refractivity contribution is 0.491. The fraction of sp³-hybridized carbons (Fsp3) is 0.357. The normalized spacial score (nSPS) is 14.8. The number of halogens is 2. The van der Waals surface area contributed by atoms with E-state index >= 15 is 0 Å². The summed E-state index contributed by atoms with van der Waals surface area (Å²) in [6.07, 6.45) is 4.83. The van der Waals surface area contributed by atoms with Gasteiger partial charge in [0.05, 0.1) is 11.8 Å². The van der Waals surface area contributed by atoms with Crippen LogP contribution in [0.4, 0.5) is 4.39 Å². The molecule has 0 bridgehead atoms. The van der Waals surface area contributed by atoms with Gasteiger partial charge in [0.25, 0.3) is 0 Å². The number of nitrogens with one attached hydrogen (secondary N) is 1. The van der Waals surface area contributed by atoms with Crippen LogP contribution in [0.25, 0.3) is 11.3 Å². The van der Waals surface area contributed by atoms with Crippen LogP contribution >= 0.6 is 15.9 Å². The van der Waals surface area contributed by atoms with Gasteiger partial charge in [0, 0.05) is 23.5 Å².